The van der Waals surface area contributed by atoms with Gasteiger partial charge in [0.15, 0.2) is 0 Å². The molecule has 0 spiro atoms. The van der Waals surface area contributed by atoms with E-state index in [1.165, 1.54) is 0 Å². The highest BCUT2D eigenvalue weighted by Gasteiger charge is 2.07. The maximum atomic E-state index is 5.68. The summed E-state index contributed by atoms with van der Waals surface area (Å²) in [6, 6.07) is 4.06. The predicted octanol–water partition coefficient (Wildman–Crippen LogP) is 2.43. The summed E-state index contributed by atoms with van der Waals surface area (Å²) in [5, 5.41) is 0. The summed E-state index contributed by atoms with van der Waals surface area (Å²) < 4.78 is 11.3. The van der Waals surface area contributed by atoms with Gasteiger partial charge in [0, 0.05) is 12.1 Å². The van der Waals surface area contributed by atoms with Gasteiger partial charge in [-0.1, -0.05) is 6.92 Å². The monoisotopic (exact) mass is 223 g/mol. The van der Waals surface area contributed by atoms with Crippen LogP contribution in [0.2, 0.25) is 0 Å². The van der Waals surface area contributed by atoms with E-state index >= 15 is 0 Å². The molecule has 0 heterocycles. The lowest BCUT2D eigenvalue weighted by atomic mass is 10.1. The molecule has 3 nitrogen and oxygen atoms in total. The fraction of sp³-hybridized carbons (Fsp3) is 0.538. The zero-order chi connectivity index (χ0) is 12.0. The van der Waals surface area contributed by atoms with Gasteiger partial charge in [-0.05, 0) is 38.0 Å². The summed E-state index contributed by atoms with van der Waals surface area (Å²) in [7, 11) is 0. The molecular weight excluding hydrogens is 202 g/mol. The Bertz CT molecular complexity index is 308. The van der Waals surface area contributed by atoms with E-state index in [0.29, 0.717) is 13.2 Å². The van der Waals surface area contributed by atoms with Gasteiger partial charge in [-0.15, -0.1) is 0 Å². The first-order chi connectivity index (χ1) is 7.69. The van der Waals surface area contributed by atoms with Crippen LogP contribution in [0.5, 0.6) is 11.5 Å². The molecule has 0 radical (unpaired) electrons. The van der Waals surface area contributed by atoms with Crippen LogP contribution in [-0.4, -0.2) is 19.8 Å². The molecule has 0 fully saturated rings. The molecule has 0 aliphatic carbocycles. The summed E-state index contributed by atoms with van der Waals surface area (Å²) in [5.74, 6) is 1.78. The van der Waals surface area contributed by atoms with Gasteiger partial charge in [0.1, 0.15) is 18.1 Å². The van der Waals surface area contributed by atoms with Gasteiger partial charge in [0.25, 0.3) is 0 Å². The first-order valence-electron chi connectivity index (χ1n) is 5.76. The van der Waals surface area contributed by atoms with Crippen molar-refractivity contribution in [2.45, 2.75) is 27.2 Å². The van der Waals surface area contributed by atoms with Crippen LogP contribution in [0.25, 0.3) is 0 Å². The van der Waals surface area contributed by atoms with Crippen LogP contribution in [0.4, 0.5) is 0 Å². The highest BCUT2D eigenvalue weighted by atomic mass is 16.5. The summed E-state index contributed by atoms with van der Waals surface area (Å²) in [4.78, 5) is 0. The van der Waals surface area contributed by atoms with Gasteiger partial charge in [0.05, 0.1) is 6.61 Å². The van der Waals surface area contributed by atoms with Crippen LogP contribution < -0.4 is 15.2 Å². The molecule has 1 aromatic rings. The maximum Gasteiger partial charge on any atom is 0.126 e. The Morgan fingerprint density at radius 2 is 1.62 bits per heavy atom. The Labute approximate surface area is 97.6 Å². The Morgan fingerprint density at radius 1 is 1.06 bits per heavy atom. The van der Waals surface area contributed by atoms with Crippen molar-refractivity contribution in [3.63, 3.8) is 0 Å². The van der Waals surface area contributed by atoms with E-state index in [0.717, 1.165) is 35.7 Å². The number of aryl methyl sites for hydroxylation is 1. The molecule has 0 saturated heterocycles. The molecule has 0 amide bonds. The van der Waals surface area contributed by atoms with Crippen molar-refractivity contribution in [3.8, 4) is 11.5 Å². The molecule has 1 aromatic carbocycles. The zero-order valence-corrected chi connectivity index (χ0v) is 10.4. The minimum absolute atomic E-state index is 0.526. The van der Waals surface area contributed by atoms with Gasteiger partial charge in [-0.2, -0.15) is 0 Å². The molecule has 0 aliphatic rings. The van der Waals surface area contributed by atoms with Crippen molar-refractivity contribution in [1.82, 2.24) is 0 Å². The van der Waals surface area contributed by atoms with Gasteiger partial charge >= 0.3 is 0 Å². The van der Waals surface area contributed by atoms with Crippen molar-refractivity contribution in [2.75, 3.05) is 19.8 Å². The second kappa shape index (κ2) is 6.38. The fourth-order valence-electron chi connectivity index (χ4n) is 1.47. The molecule has 0 bridgehead atoms. The van der Waals surface area contributed by atoms with E-state index in [1.807, 2.05) is 26.0 Å². The second-order valence-corrected chi connectivity index (χ2v) is 3.87. The molecule has 16 heavy (non-hydrogen) atoms. The molecule has 0 aromatic heterocycles. The zero-order valence-electron chi connectivity index (χ0n) is 10.4. The van der Waals surface area contributed by atoms with E-state index in [-0.39, 0.29) is 0 Å². The van der Waals surface area contributed by atoms with Gasteiger partial charge in [0.2, 0.25) is 0 Å². The lowest BCUT2D eigenvalue weighted by Crippen LogP contribution is -2.11. The minimum Gasteiger partial charge on any atom is -0.493 e. The second-order valence-electron chi connectivity index (χ2n) is 3.87. The van der Waals surface area contributed by atoms with Gasteiger partial charge in [-0.25, -0.2) is 0 Å². The van der Waals surface area contributed by atoms with Crippen LogP contribution in [-0.2, 0) is 0 Å². The summed E-state index contributed by atoms with van der Waals surface area (Å²) >= 11 is 0. The SMILES string of the molecule is CCCOc1cc(C)cc(OCCN)c1C. The largest absolute Gasteiger partial charge is 0.493 e. The molecule has 0 aliphatic heterocycles. The number of ether oxygens (including phenoxy) is 2. The average Bonchev–Trinajstić information content (AvgIpc) is 2.28. The topological polar surface area (TPSA) is 44.5 Å². The Balaban J connectivity index is 2.86. The van der Waals surface area contributed by atoms with E-state index in [2.05, 4.69) is 6.92 Å². The van der Waals surface area contributed by atoms with Crippen molar-refractivity contribution in [2.24, 2.45) is 5.73 Å². The van der Waals surface area contributed by atoms with Crippen molar-refractivity contribution in [3.05, 3.63) is 23.3 Å². The minimum atomic E-state index is 0.526. The van der Waals surface area contributed by atoms with E-state index in [4.69, 9.17) is 15.2 Å². The number of hydrogen-bond donors (Lipinski definition) is 1. The van der Waals surface area contributed by atoms with Crippen LogP contribution in [0.1, 0.15) is 24.5 Å². The quantitative estimate of drug-likeness (QED) is 0.805. The first kappa shape index (κ1) is 12.8. The normalized spacial score (nSPS) is 10.2. The third-order valence-electron chi connectivity index (χ3n) is 2.29. The summed E-state index contributed by atoms with van der Waals surface area (Å²) in [6.07, 6.45) is 1.01. The summed E-state index contributed by atoms with van der Waals surface area (Å²) in [5.41, 5.74) is 7.62. The van der Waals surface area contributed by atoms with E-state index < -0.39 is 0 Å². The number of rotatable bonds is 6. The van der Waals surface area contributed by atoms with Crippen LogP contribution in [0.3, 0.4) is 0 Å². The number of hydrogen-bond acceptors (Lipinski definition) is 3. The number of benzene rings is 1. The Hall–Kier alpha value is -1.22. The first-order valence-corrected chi connectivity index (χ1v) is 5.76. The van der Waals surface area contributed by atoms with Crippen LogP contribution >= 0.6 is 0 Å². The van der Waals surface area contributed by atoms with Gasteiger partial charge in [-0.3, -0.25) is 0 Å². The molecule has 3 heteroatoms. The third kappa shape index (κ3) is 3.42. The Morgan fingerprint density at radius 3 is 2.12 bits per heavy atom. The molecule has 0 saturated carbocycles. The molecule has 0 unspecified atom stereocenters. The third-order valence-corrected chi connectivity index (χ3v) is 2.29. The molecule has 0 atom stereocenters. The van der Waals surface area contributed by atoms with E-state index in [1.54, 1.807) is 0 Å². The fourth-order valence-corrected chi connectivity index (χ4v) is 1.47. The predicted molar refractivity (Wildman–Crippen MR) is 66.3 cm³/mol. The van der Waals surface area contributed by atoms with Crippen molar-refractivity contribution < 1.29 is 9.47 Å². The highest BCUT2D eigenvalue weighted by Crippen LogP contribution is 2.29. The summed E-state index contributed by atoms with van der Waals surface area (Å²) in [6.45, 7) is 7.94. The number of nitrogens with two attached hydrogens (primary N) is 1. The van der Waals surface area contributed by atoms with Crippen LogP contribution in [0.15, 0.2) is 12.1 Å². The van der Waals surface area contributed by atoms with Crippen molar-refractivity contribution >= 4 is 0 Å². The average molecular weight is 223 g/mol. The highest BCUT2D eigenvalue weighted by molar-refractivity contribution is 5.46. The van der Waals surface area contributed by atoms with Crippen molar-refractivity contribution in [1.29, 1.82) is 0 Å². The van der Waals surface area contributed by atoms with Crippen LogP contribution in [0, 0.1) is 13.8 Å². The molecule has 1 rings (SSSR count). The Kier molecular flexibility index (Phi) is 5.12. The lowest BCUT2D eigenvalue weighted by Gasteiger charge is -2.14. The molecule has 2 N–H and O–H groups in total. The standard InChI is InChI=1S/C13H21NO2/c1-4-6-15-12-8-10(2)9-13(11(12)3)16-7-5-14/h8-9H,4-7,14H2,1-3H3. The maximum absolute atomic E-state index is 5.68. The molecular formula is C13H21NO2. The van der Waals surface area contributed by atoms with E-state index in [9.17, 15) is 0 Å². The van der Waals surface area contributed by atoms with Gasteiger partial charge < -0.3 is 15.2 Å². The smallest absolute Gasteiger partial charge is 0.126 e. The lowest BCUT2D eigenvalue weighted by molar-refractivity contribution is 0.301. The molecule has 90 valence electrons.